The van der Waals surface area contributed by atoms with Crippen LogP contribution in [0.4, 0.5) is 0 Å². The van der Waals surface area contributed by atoms with E-state index in [4.69, 9.17) is 9.47 Å². The molecule has 0 saturated carbocycles. The second-order valence-electron chi connectivity index (χ2n) is 10.3. The number of hydrogen-bond donors (Lipinski definition) is 12. The molecular formula is C22H40N2O15S. The largest absolute Gasteiger partial charge is 0.394 e. The zero-order chi connectivity index (χ0) is 30.6. The average Bonchev–Trinajstić information content (AvgIpc) is 2.84. The second kappa shape index (κ2) is 14.2. The summed E-state index contributed by atoms with van der Waals surface area (Å²) < 4.78 is 24.0. The highest BCUT2D eigenvalue weighted by molar-refractivity contribution is 7.85. The van der Waals surface area contributed by atoms with E-state index in [0.717, 1.165) is 13.8 Å². The fourth-order valence-corrected chi connectivity index (χ4v) is 6.36. The molecule has 17 nitrogen and oxygen atoms in total. The molecule has 0 unspecified atom stereocenters. The number of hydrogen-bond acceptors (Lipinski definition) is 15. The van der Waals surface area contributed by atoms with Crippen LogP contribution < -0.4 is 10.6 Å². The summed E-state index contributed by atoms with van der Waals surface area (Å²) in [5.41, 5.74) is 0. The van der Waals surface area contributed by atoms with Crippen LogP contribution in [-0.4, -0.2) is 164 Å². The molecule has 0 aromatic heterocycles. The summed E-state index contributed by atoms with van der Waals surface area (Å²) in [6.45, 7) is 0.346. The summed E-state index contributed by atoms with van der Waals surface area (Å²) >= 11 is 0. The van der Waals surface area contributed by atoms with Gasteiger partial charge in [0.2, 0.25) is 11.8 Å². The van der Waals surface area contributed by atoms with Gasteiger partial charge >= 0.3 is 0 Å². The number of carbonyl (C=O) groups excluding carboxylic acids is 2. The van der Waals surface area contributed by atoms with Gasteiger partial charge in [0.1, 0.15) is 36.6 Å². The molecule has 2 fully saturated rings. The number of aliphatic hydroxyl groups excluding tert-OH is 8. The van der Waals surface area contributed by atoms with Crippen molar-refractivity contribution in [3.63, 3.8) is 0 Å². The van der Waals surface area contributed by atoms with E-state index in [2.05, 4.69) is 10.6 Å². The first-order chi connectivity index (χ1) is 18.5. The quantitative estimate of drug-likeness (QED) is 0.0985. The van der Waals surface area contributed by atoms with Crippen molar-refractivity contribution in [1.82, 2.24) is 10.6 Å². The van der Waals surface area contributed by atoms with E-state index < -0.39 is 133 Å². The zero-order valence-corrected chi connectivity index (χ0v) is 22.8. The number of aliphatic hydroxyl groups is 10. The minimum atomic E-state index is -2.45. The topological polar surface area (TPSA) is 296 Å². The molecule has 0 spiro atoms. The van der Waals surface area contributed by atoms with Gasteiger partial charge in [0.25, 0.3) is 0 Å². The Morgan fingerprint density at radius 2 is 1.12 bits per heavy atom. The average molecular weight is 605 g/mol. The van der Waals surface area contributed by atoms with Crippen molar-refractivity contribution in [2.24, 2.45) is 0 Å². The van der Waals surface area contributed by atoms with Crippen LogP contribution in [-0.2, 0) is 29.9 Å². The third kappa shape index (κ3) is 8.81. The van der Waals surface area contributed by atoms with Crippen LogP contribution in [0.15, 0.2) is 0 Å². The van der Waals surface area contributed by atoms with Gasteiger partial charge < -0.3 is 71.2 Å². The Bertz CT molecular complexity index is 832. The number of ether oxygens (including phenoxy) is 2. The zero-order valence-electron chi connectivity index (χ0n) is 21.9. The van der Waals surface area contributed by atoms with Gasteiger partial charge in [0.15, 0.2) is 11.6 Å². The lowest BCUT2D eigenvalue weighted by atomic mass is 9.89. The van der Waals surface area contributed by atoms with Crippen LogP contribution in [0.3, 0.4) is 0 Å². The molecule has 18 heteroatoms. The number of nitrogens with one attached hydrogen (secondary N) is 2. The van der Waals surface area contributed by atoms with Gasteiger partial charge in [0, 0.05) is 37.5 Å². The van der Waals surface area contributed by atoms with Crippen LogP contribution in [0.5, 0.6) is 0 Å². The predicted octanol–water partition coefficient (Wildman–Crippen LogP) is -7.15. The van der Waals surface area contributed by atoms with Crippen LogP contribution >= 0.6 is 0 Å². The minimum absolute atomic E-state index is 0.640. The molecule has 2 aliphatic rings. The van der Waals surface area contributed by atoms with E-state index in [1.54, 1.807) is 0 Å². The normalized spacial score (nSPS) is 37.8. The van der Waals surface area contributed by atoms with Gasteiger partial charge in [-0.15, -0.1) is 0 Å². The Kier molecular flexibility index (Phi) is 12.3. The van der Waals surface area contributed by atoms with Crippen molar-refractivity contribution in [1.29, 1.82) is 0 Å². The molecule has 2 heterocycles. The molecule has 2 amide bonds. The van der Waals surface area contributed by atoms with Gasteiger partial charge in [-0.25, -0.2) is 0 Å². The van der Waals surface area contributed by atoms with E-state index in [1.807, 2.05) is 0 Å². The van der Waals surface area contributed by atoms with Gasteiger partial charge in [-0.2, -0.15) is 0 Å². The fraction of sp³-hybridized carbons (Fsp3) is 0.909. The summed E-state index contributed by atoms with van der Waals surface area (Å²) in [5.74, 6) is -7.83. The maximum absolute atomic E-state index is 13.1. The van der Waals surface area contributed by atoms with Crippen LogP contribution in [0.2, 0.25) is 0 Å². The Balaban J connectivity index is 2.23. The lowest BCUT2D eigenvalue weighted by Crippen LogP contribution is -2.67. The maximum Gasteiger partial charge on any atom is 0.217 e. The molecule has 2 aliphatic heterocycles. The Labute approximate surface area is 231 Å². The highest BCUT2D eigenvalue weighted by Crippen LogP contribution is 2.34. The van der Waals surface area contributed by atoms with E-state index >= 15 is 0 Å². The summed E-state index contributed by atoms with van der Waals surface area (Å²) in [5, 5.41) is 107. The Morgan fingerprint density at radius 1 is 0.800 bits per heavy atom. The first-order valence-electron chi connectivity index (χ1n) is 12.5. The molecule has 40 heavy (non-hydrogen) atoms. The van der Waals surface area contributed by atoms with Crippen molar-refractivity contribution in [3.8, 4) is 0 Å². The van der Waals surface area contributed by atoms with Crippen molar-refractivity contribution in [2.75, 3.05) is 24.7 Å². The molecule has 0 aliphatic carbocycles. The summed E-state index contributed by atoms with van der Waals surface area (Å²) in [6.07, 6.45) is -15.2. The number of amides is 2. The number of carbonyl (C=O) groups is 2. The third-order valence-electron chi connectivity index (χ3n) is 6.65. The Morgan fingerprint density at radius 3 is 1.40 bits per heavy atom. The first-order valence-corrected chi connectivity index (χ1v) is 13.9. The first kappa shape index (κ1) is 34.8. The highest BCUT2D eigenvalue weighted by atomic mass is 32.2. The summed E-state index contributed by atoms with van der Waals surface area (Å²) in [4.78, 5) is 23.2. The standard InChI is InChI=1S/C22H40N2O15S/c1-9(27)23-15-11(29)3-21(35,38-19(15)17(33)13(31)5-25)7-40(37)8-22(36)4-12(30)16(24-10(2)28)20(39-22)18(34)14(32)6-26/h11-20,25-26,29-36H,3-8H2,1-2H3,(H,23,27)(H,24,28)/t11-,12-,13+,14+,15+,16+,17+,18+,19+,20+,21-,22-/m0/s1. The molecule has 0 bridgehead atoms. The van der Waals surface area contributed by atoms with Crippen LogP contribution in [0.1, 0.15) is 26.7 Å². The van der Waals surface area contributed by atoms with Crippen LogP contribution in [0, 0.1) is 0 Å². The lowest BCUT2D eigenvalue weighted by Gasteiger charge is -2.47. The van der Waals surface area contributed by atoms with Gasteiger partial charge in [-0.3, -0.25) is 13.8 Å². The lowest BCUT2D eigenvalue weighted by molar-refractivity contribution is -0.292. The predicted molar refractivity (Wildman–Crippen MR) is 132 cm³/mol. The smallest absolute Gasteiger partial charge is 0.217 e. The van der Waals surface area contributed by atoms with Gasteiger partial charge in [-0.1, -0.05) is 0 Å². The minimum Gasteiger partial charge on any atom is -0.394 e. The highest BCUT2D eigenvalue weighted by Gasteiger charge is 2.53. The third-order valence-corrected chi connectivity index (χ3v) is 8.20. The van der Waals surface area contributed by atoms with Crippen molar-refractivity contribution >= 4 is 22.6 Å². The monoisotopic (exact) mass is 604 g/mol. The second-order valence-corrected chi connectivity index (χ2v) is 11.7. The maximum atomic E-state index is 13.1. The van der Waals surface area contributed by atoms with Crippen LogP contribution in [0.25, 0.3) is 0 Å². The van der Waals surface area contributed by atoms with Crippen molar-refractivity contribution < 1.29 is 74.3 Å². The van der Waals surface area contributed by atoms with E-state index in [9.17, 15) is 64.9 Å². The fourth-order valence-electron chi connectivity index (χ4n) is 4.88. The van der Waals surface area contributed by atoms with Gasteiger partial charge in [0.05, 0.1) is 49.0 Å². The van der Waals surface area contributed by atoms with Crippen molar-refractivity contribution in [3.05, 3.63) is 0 Å². The molecule has 234 valence electrons. The molecular weight excluding hydrogens is 564 g/mol. The molecule has 12 atom stereocenters. The van der Waals surface area contributed by atoms with Gasteiger partial charge in [-0.05, 0) is 0 Å². The summed E-state index contributed by atoms with van der Waals surface area (Å²) in [6, 6.07) is -2.68. The molecule has 0 aromatic carbocycles. The van der Waals surface area contributed by atoms with Crippen molar-refractivity contribution in [2.45, 2.75) is 99.2 Å². The molecule has 2 saturated heterocycles. The molecule has 2 rings (SSSR count). The SMILES string of the molecule is CC(=O)N[C@H]1[C@H]([C@H](O)[C@H](O)CO)O[C@](O)(CS(=O)C[C@]2(O)C[C@H](O)[C@@H](NC(C)=O)[C@H]([C@H](O)[C@H](O)CO)O2)C[C@@H]1O. The summed E-state index contributed by atoms with van der Waals surface area (Å²) in [7, 11) is -2.28. The Hall–Kier alpha value is -1.39. The van der Waals surface area contributed by atoms with E-state index in [-0.39, 0.29) is 0 Å². The molecule has 12 N–H and O–H groups in total. The molecule has 0 aromatic rings. The molecule has 0 radical (unpaired) electrons. The van der Waals surface area contributed by atoms with E-state index in [0.29, 0.717) is 0 Å². The number of rotatable bonds is 12. The van der Waals surface area contributed by atoms with E-state index in [1.165, 1.54) is 0 Å².